The minimum absolute atomic E-state index is 0.341. The monoisotopic (exact) mass is 466 g/mol. The minimum atomic E-state index is -0.696. The lowest BCUT2D eigenvalue weighted by Crippen LogP contribution is -2.33. The molecule has 1 atom stereocenters. The van der Waals surface area contributed by atoms with Crippen LogP contribution in [0.4, 0.5) is 0 Å². The lowest BCUT2D eigenvalue weighted by atomic mass is 10.1. The zero-order chi connectivity index (χ0) is 21.3. The molecule has 1 amide bonds. The maximum absolute atomic E-state index is 12.3. The zero-order valence-electron chi connectivity index (χ0n) is 16.8. The lowest BCUT2D eigenvalue weighted by Gasteiger charge is -2.13. The summed E-state index contributed by atoms with van der Waals surface area (Å²) in [6.07, 6.45) is 0.855. The van der Waals surface area contributed by atoms with E-state index in [1.165, 1.54) is 0 Å². The van der Waals surface area contributed by atoms with E-state index in [1.807, 2.05) is 79.7 Å². The Balaban J connectivity index is 1.57. The van der Waals surface area contributed by atoms with Crippen LogP contribution in [0.25, 0.3) is 11.1 Å². The number of hydrogen-bond acceptors (Lipinski definition) is 4. The van der Waals surface area contributed by atoms with Gasteiger partial charge >= 0.3 is 0 Å². The highest BCUT2D eigenvalue weighted by atomic mass is 79.9. The highest BCUT2D eigenvalue weighted by Crippen LogP contribution is 2.23. The maximum atomic E-state index is 12.3. The van der Waals surface area contributed by atoms with Gasteiger partial charge in [-0.2, -0.15) is 5.10 Å². The van der Waals surface area contributed by atoms with Gasteiger partial charge in [-0.05, 0) is 55.3 Å². The number of rotatable bonds is 8. The minimum Gasteiger partial charge on any atom is -0.493 e. The SMILES string of the molecule is CCOc1ccc(Br)cc1/C=N\NC(=O)[C@H](C)Oc1ccc(-c2ccccc2)cc1. The van der Waals surface area contributed by atoms with E-state index in [2.05, 4.69) is 26.5 Å². The number of carbonyl (C=O) groups excluding carboxylic acids is 1. The highest BCUT2D eigenvalue weighted by Gasteiger charge is 2.14. The number of hydrogen-bond donors (Lipinski definition) is 1. The summed E-state index contributed by atoms with van der Waals surface area (Å²) in [5, 5.41) is 4.04. The van der Waals surface area contributed by atoms with E-state index in [0.29, 0.717) is 18.1 Å². The second kappa shape index (κ2) is 10.6. The van der Waals surface area contributed by atoms with Crippen molar-refractivity contribution in [3.05, 3.63) is 82.8 Å². The molecule has 0 saturated carbocycles. The number of carbonyl (C=O) groups is 1. The molecule has 0 aromatic heterocycles. The predicted molar refractivity (Wildman–Crippen MR) is 123 cm³/mol. The second-order valence-electron chi connectivity index (χ2n) is 6.50. The molecule has 30 heavy (non-hydrogen) atoms. The Morgan fingerprint density at radius 3 is 2.47 bits per heavy atom. The van der Waals surface area contributed by atoms with Crippen molar-refractivity contribution in [2.75, 3.05) is 6.61 Å². The van der Waals surface area contributed by atoms with Crippen molar-refractivity contribution < 1.29 is 14.3 Å². The van der Waals surface area contributed by atoms with Crippen LogP contribution < -0.4 is 14.9 Å². The molecular weight excluding hydrogens is 444 g/mol. The quantitative estimate of drug-likeness (QED) is 0.355. The van der Waals surface area contributed by atoms with E-state index in [1.54, 1.807) is 13.1 Å². The van der Waals surface area contributed by atoms with E-state index in [0.717, 1.165) is 21.2 Å². The molecule has 154 valence electrons. The molecule has 1 N–H and O–H groups in total. The third-order valence-electron chi connectivity index (χ3n) is 4.29. The van der Waals surface area contributed by atoms with Gasteiger partial charge in [0.05, 0.1) is 12.8 Å². The summed E-state index contributed by atoms with van der Waals surface area (Å²) in [4.78, 5) is 12.3. The number of amides is 1. The molecule has 0 heterocycles. The van der Waals surface area contributed by atoms with E-state index in [-0.39, 0.29) is 5.91 Å². The number of benzene rings is 3. The second-order valence-corrected chi connectivity index (χ2v) is 7.42. The van der Waals surface area contributed by atoms with Crippen molar-refractivity contribution in [1.29, 1.82) is 0 Å². The molecule has 0 aliphatic carbocycles. The summed E-state index contributed by atoms with van der Waals surface area (Å²) < 4.78 is 12.2. The Morgan fingerprint density at radius 2 is 1.77 bits per heavy atom. The fourth-order valence-corrected chi connectivity index (χ4v) is 3.16. The van der Waals surface area contributed by atoms with Gasteiger partial charge in [-0.3, -0.25) is 4.79 Å². The van der Waals surface area contributed by atoms with Crippen LogP contribution in [-0.4, -0.2) is 24.8 Å². The first-order chi connectivity index (χ1) is 14.6. The molecule has 3 aromatic carbocycles. The van der Waals surface area contributed by atoms with Gasteiger partial charge in [-0.15, -0.1) is 0 Å². The first-order valence-electron chi connectivity index (χ1n) is 9.64. The van der Waals surface area contributed by atoms with E-state index in [9.17, 15) is 4.79 Å². The van der Waals surface area contributed by atoms with Crippen molar-refractivity contribution >= 4 is 28.1 Å². The largest absolute Gasteiger partial charge is 0.493 e. The Morgan fingerprint density at radius 1 is 1.07 bits per heavy atom. The summed E-state index contributed by atoms with van der Waals surface area (Å²) in [5.41, 5.74) is 5.49. The van der Waals surface area contributed by atoms with Gasteiger partial charge in [0.1, 0.15) is 11.5 Å². The van der Waals surface area contributed by atoms with Crippen LogP contribution in [0.1, 0.15) is 19.4 Å². The average molecular weight is 467 g/mol. The normalized spacial score (nSPS) is 11.8. The number of ether oxygens (including phenoxy) is 2. The lowest BCUT2D eigenvalue weighted by molar-refractivity contribution is -0.127. The molecule has 3 rings (SSSR count). The van der Waals surface area contributed by atoms with Crippen molar-refractivity contribution in [1.82, 2.24) is 5.43 Å². The van der Waals surface area contributed by atoms with Crippen molar-refractivity contribution in [2.24, 2.45) is 5.10 Å². The van der Waals surface area contributed by atoms with Crippen LogP contribution >= 0.6 is 15.9 Å². The van der Waals surface area contributed by atoms with E-state index < -0.39 is 6.10 Å². The van der Waals surface area contributed by atoms with Crippen LogP contribution in [0.5, 0.6) is 11.5 Å². The number of hydrazone groups is 1. The standard InChI is InChI=1S/C24H23BrN2O3/c1-3-29-23-14-11-21(25)15-20(23)16-26-27-24(28)17(2)30-22-12-9-19(10-13-22)18-7-5-4-6-8-18/h4-17H,3H2,1-2H3,(H,27,28)/b26-16-/t17-/m0/s1. The Kier molecular flexibility index (Phi) is 7.63. The van der Waals surface area contributed by atoms with Gasteiger partial charge < -0.3 is 9.47 Å². The smallest absolute Gasteiger partial charge is 0.280 e. The summed E-state index contributed by atoms with van der Waals surface area (Å²) in [5.74, 6) is 0.972. The number of nitrogens with one attached hydrogen (secondary N) is 1. The third kappa shape index (κ3) is 5.94. The molecule has 0 aliphatic rings. The molecular formula is C24H23BrN2O3. The summed E-state index contributed by atoms with van der Waals surface area (Å²) >= 11 is 3.42. The summed E-state index contributed by atoms with van der Waals surface area (Å²) in [6.45, 7) is 4.14. The summed E-state index contributed by atoms with van der Waals surface area (Å²) in [6, 6.07) is 23.3. The van der Waals surface area contributed by atoms with Crippen molar-refractivity contribution in [3.63, 3.8) is 0 Å². The van der Waals surface area contributed by atoms with Crippen LogP contribution in [0, 0.1) is 0 Å². The van der Waals surface area contributed by atoms with Crippen LogP contribution in [0.3, 0.4) is 0 Å². The maximum Gasteiger partial charge on any atom is 0.280 e. The zero-order valence-corrected chi connectivity index (χ0v) is 18.4. The Hall–Kier alpha value is -3.12. The molecule has 0 fully saturated rings. The first kappa shape index (κ1) is 21.6. The van der Waals surface area contributed by atoms with Gasteiger partial charge in [0.25, 0.3) is 5.91 Å². The molecule has 6 heteroatoms. The first-order valence-corrected chi connectivity index (χ1v) is 10.4. The average Bonchev–Trinajstić information content (AvgIpc) is 2.76. The van der Waals surface area contributed by atoms with Gasteiger partial charge in [0, 0.05) is 10.0 Å². The highest BCUT2D eigenvalue weighted by molar-refractivity contribution is 9.10. The van der Waals surface area contributed by atoms with Crippen molar-refractivity contribution in [2.45, 2.75) is 20.0 Å². The molecule has 5 nitrogen and oxygen atoms in total. The molecule has 0 saturated heterocycles. The van der Waals surface area contributed by atoms with E-state index in [4.69, 9.17) is 9.47 Å². The van der Waals surface area contributed by atoms with Crippen molar-refractivity contribution in [3.8, 4) is 22.6 Å². The Bertz CT molecular complexity index is 1000. The number of halogens is 1. The molecule has 3 aromatic rings. The predicted octanol–water partition coefficient (Wildman–Crippen LogP) is 5.43. The molecule has 0 bridgehead atoms. The van der Waals surface area contributed by atoms with Crippen LogP contribution in [0.2, 0.25) is 0 Å². The third-order valence-corrected chi connectivity index (χ3v) is 4.79. The fourth-order valence-electron chi connectivity index (χ4n) is 2.78. The molecule has 0 spiro atoms. The fraction of sp³-hybridized carbons (Fsp3) is 0.167. The van der Waals surface area contributed by atoms with Crippen LogP contribution in [0.15, 0.2) is 82.4 Å². The topological polar surface area (TPSA) is 59.9 Å². The van der Waals surface area contributed by atoms with Gasteiger partial charge in [-0.1, -0.05) is 58.4 Å². The number of nitrogens with zero attached hydrogens (tertiary/aromatic N) is 1. The Labute approximate surface area is 184 Å². The summed E-state index contributed by atoms with van der Waals surface area (Å²) in [7, 11) is 0. The van der Waals surface area contributed by atoms with Gasteiger partial charge in [0.15, 0.2) is 6.10 Å². The molecule has 0 radical (unpaired) electrons. The van der Waals surface area contributed by atoms with Gasteiger partial charge in [0.2, 0.25) is 0 Å². The van der Waals surface area contributed by atoms with Crippen LogP contribution in [-0.2, 0) is 4.79 Å². The van der Waals surface area contributed by atoms with Gasteiger partial charge in [-0.25, -0.2) is 5.43 Å². The van der Waals surface area contributed by atoms with E-state index >= 15 is 0 Å². The molecule has 0 unspecified atom stereocenters. The molecule has 0 aliphatic heterocycles.